The standard InChI is InChI=1S/C14H17NO2/c1-10(2)11-6-3-4-7-12(11)15-13(16)8-5-9-14(15)17/h3-4,6-7,10H,5,8-9H2,1-2H3. The van der Waals surface area contributed by atoms with Crippen LogP contribution in [0.15, 0.2) is 24.3 Å². The minimum Gasteiger partial charge on any atom is -0.274 e. The molecule has 17 heavy (non-hydrogen) atoms. The highest BCUT2D eigenvalue weighted by Gasteiger charge is 2.29. The van der Waals surface area contributed by atoms with Crippen molar-refractivity contribution in [3.05, 3.63) is 29.8 Å². The minimum atomic E-state index is -0.0747. The van der Waals surface area contributed by atoms with E-state index in [9.17, 15) is 9.59 Å². The van der Waals surface area contributed by atoms with Gasteiger partial charge in [0.05, 0.1) is 5.69 Å². The summed E-state index contributed by atoms with van der Waals surface area (Å²) < 4.78 is 0. The molecule has 90 valence electrons. The van der Waals surface area contributed by atoms with Crippen LogP contribution >= 0.6 is 0 Å². The Morgan fingerprint density at radius 3 is 2.24 bits per heavy atom. The maximum atomic E-state index is 11.9. The first-order valence-corrected chi connectivity index (χ1v) is 6.06. The Bertz CT molecular complexity index is 435. The Hall–Kier alpha value is -1.64. The lowest BCUT2D eigenvalue weighted by molar-refractivity contribution is -0.129. The molecule has 0 spiro atoms. The number of benzene rings is 1. The van der Waals surface area contributed by atoms with E-state index in [2.05, 4.69) is 13.8 Å². The first-order chi connectivity index (χ1) is 8.11. The third-order valence-electron chi connectivity index (χ3n) is 3.08. The third-order valence-corrected chi connectivity index (χ3v) is 3.08. The summed E-state index contributed by atoms with van der Waals surface area (Å²) in [6, 6.07) is 7.65. The number of rotatable bonds is 2. The molecule has 3 nitrogen and oxygen atoms in total. The van der Waals surface area contributed by atoms with Crippen LogP contribution in [0.25, 0.3) is 0 Å². The Labute approximate surface area is 101 Å². The molecule has 0 saturated carbocycles. The average molecular weight is 231 g/mol. The van der Waals surface area contributed by atoms with Crippen molar-refractivity contribution in [2.24, 2.45) is 0 Å². The van der Waals surface area contributed by atoms with Crippen LogP contribution in [0.5, 0.6) is 0 Å². The summed E-state index contributed by atoms with van der Waals surface area (Å²) in [5.41, 5.74) is 1.81. The van der Waals surface area contributed by atoms with Gasteiger partial charge in [-0.3, -0.25) is 14.5 Å². The second-order valence-corrected chi connectivity index (χ2v) is 4.69. The predicted octanol–water partition coefficient (Wildman–Crippen LogP) is 2.85. The van der Waals surface area contributed by atoms with Crippen LogP contribution in [0, 0.1) is 0 Å². The molecule has 0 aromatic heterocycles. The summed E-state index contributed by atoms with van der Waals surface area (Å²) >= 11 is 0. The van der Waals surface area contributed by atoms with E-state index in [0.29, 0.717) is 25.2 Å². The van der Waals surface area contributed by atoms with Gasteiger partial charge >= 0.3 is 0 Å². The van der Waals surface area contributed by atoms with Gasteiger partial charge in [-0.15, -0.1) is 0 Å². The zero-order valence-electron chi connectivity index (χ0n) is 10.3. The predicted molar refractivity (Wildman–Crippen MR) is 66.9 cm³/mol. The Morgan fingerprint density at radius 2 is 1.65 bits per heavy atom. The minimum absolute atomic E-state index is 0.0747. The summed E-state index contributed by atoms with van der Waals surface area (Å²) in [5.74, 6) is 0.150. The number of carbonyl (C=O) groups is 2. The molecule has 3 heteroatoms. The largest absolute Gasteiger partial charge is 0.274 e. The van der Waals surface area contributed by atoms with E-state index >= 15 is 0 Å². The van der Waals surface area contributed by atoms with E-state index in [1.54, 1.807) is 0 Å². The zero-order valence-corrected chi connectivity index (χ0v) is 10.3. The second kappa shape index (κ2) is 4.70. The highest BCUT2D eigenvalue weighted by Crippen LogP contribution is 2.30. The highest BCUT2D eigenvalue weighted by atomic mass is 16.2. The highest BCUT2D eigenvalue weighted by molar-refractivity contribution is 6.16. The van der Waals surface area contributed by atoms with Crippen molar-refractivity contribution < 1.29 is 9.59 Å². The van der Waals surface area contributed by atoms with Crippen LogP contribution in [0.4, 0.5) is 5.69 Å². The number of imide groups is 1. The van der Waals surface area contributed by atoms with E-state index < -0.39 is 0 Å². The number of anilines is 1. The van der Waals surface area contributed by atoms with Crippen LogP contribution in [0.2, 0.25) is 0 Å². The topological polar surface area (TPSA) is 37.4 Å². The normalized spacial score (nSPS) is 16.8. The molecule has 1 aromatic rings. The van der Waals surface area contributed by atoms with Gasteiger partial charge in [0.15, 0.2) is 0 Å². The molecule has 2 amide bonds. The molecule has 1 aliphatic heterocycles. The summed E-state index contributed by atoms with van der Waals surface area (Å²) in [7, 11) is 0. The molecule has 1 heterocycles. The van der Waals surface area contributed by atoms with E-state index in [1.807, 2.05) is 24.3 Å². The summed E-state index contributed by atoms with van der Waals surface area (Å²) in [6.45, 7) is 4.13. The lowest BCUT2D eigenvalue weighted by Gasteiger charge is -2.27. The Balaban J connectivity index is 2.44. The fourth-order valence-corrected chi connectivity index (χ4v) is 2.20. The molecule has 1 fully saturated rings. The van der Waals surface area contributed by atoms with Gasteiger partial charge in [-0.05, 0) is 24.0 Å². The van der Waals surface area contributed by atoms with E-state index in [-0.39, 0.29) is 11.8 Å². The van der Waals surface area contributed by atoms with E-state index in [1.165, 1.54) is 4.90 Å². The molecule has 2 rings (SSSR count). The molecule has 0 unspecified atom stereocenters. The fraction of sp³-hybridized carbons (Fsp3) is 0.429. The first kappa shape index (κ1) is 11.8. The van der Waals surface area contributed by atoms with Crippen molar-refractivity contribution in [2.45, 2.75) is 39.0 Å². The molecule has 1 aromatic carbocycles. The van der Waals surface area contributed by atoms with Crippen LogP contribution in [-0.2, 0) is 9.59 Å². The zero-order chi connectivity index (χ0) is 12.4. The van der Waals surface area contributed by atoms with Gasteiger partial charge in [0.25, 0.3) is 0 Å². The summed E-state index contributed by atoms with van der Waals surface area (Å²) in [6.07, 6.45) is 1.62. The number of amides is 2. The maximum absolute atomic E-state index is 11.9. The van der Waals surface area contributed by atoms with E-state index in [0.717, 1.165) is 11.3 Å². The molecule has 1 saturated heterocycles. The van der Waals surface area contributed by atoms with Gasteiger partial charge in [-0.25, -0.2) is 0 Å². The molecule has 1 aliphatic rings. The number of nitrogens with zero attached hydrogens (tertiary/aromatic N) is 1. The van der Waals surface area contributed by atoms with Crippen LogP contribution in [-0.4, -0.2) is 11.8 Å². The van der Waals surface area contributed by atoms with E-state index in [4.69, 9.17) is 0 Å². The number of hydrogen-bond donors (Lipinski definition) is 0. The Kier molecular flexibility index (Phi) is 3.27. The van der Waals surface area contributed by atoms with Gasteiger partial charge in [0.2, 0.25) is 11.8 Å². The third kappa shape index (κ3) is 2.23. The van der Waals surface area contributed by atoms with Gasteiger partial charge in [0, 0.05) is 12.8 Å². The van der Waals surface area contributed by atoms with Crippen molar-refractivity contribution in [3.8, 4) is 0 Å². The lowest BCUT2D eigenvalue weighted by Crippen LogP contribution is -2.40. The molecular formula is C14H17NO2. The van der Waals surface area contributed by atoms with Gasteiger partial charge in [-0.2, -0.15) is 0 Å². The van der Waals surface area contributed by atoms with Crippen molar-refractivity contribution in [2.75, 3.05) is 4.90 Å². The molecular weight excluding hydrogens is 214 g/mol. The SMILES string of the molecule is CC(C)c1ccccc1N1C(=O)CCCC1=O. The van der Waals surface area contributed by atoms with Crippen molar-refractivity contribution >= 4 is 17.5 Å². The van der Waals surface area contributed by atoms with Gasteiger partial charge in [-0.1, -0.05) is 32.0 Å². The Morgan fingerprint density at radius 1 is 1.06 bits per heavy atom. The first-order valence-electron chi connectivity index (χ1n) is 6.06. The van der Waals surface area contributed by atoms with Crippen LogP contribution < -0.4 is 4.90 Å². The van der Waals surface area contributed by atoms with Crippen molar-refractivity contribution in [3.63, 3.8) is 0 Å². The molecule has 0 atom stereocenters. The smallest absolute Gasteiger partial charge is 0.233 e. The van der Waals surface area contributed by atoms with Gasteiger partial charge < -0.3 is 0 Å². The van der Waals surface area contributed by atoms with Gasteiger partial charge in [0.1, 0.15) is 0 Å². The van der Waals surface area contributed by atoms with Crippen molar-refractivity contribution in [1.82, 2.24) is 0 Å². The number of carbonyl (C=O) groups excluding carboxylic acids is 2. The molecule has 0 bridgehead atoms. The average Bonchev–Trinajstić information content (AvgIpc) is 2.29. The number of para-hydroxylation sites is 1. The second-order valence-electron chi connectivity index (χ2n) is 4.69. The maximum Gasteiger partial charge on any atom is 0.233 e. The lowest BCUT2D eigenvalue weighted by atomic mass is 9.98. The fourth-order valence-electron chi connectivity index (χ4n) is 2.20. The molecule has 0 N–H and O–H groups in total. The number of piperidine rings is 1. The quantitative estimate of drug-likeness (QED) is 0.734. The summed E-state index contributed by atoms with van der Waals surface area (Å²) in [5, 5.41) is 0. The molecule has 0 aliphatic carbocycles. The molecule has 0 radical (unpaired) electrons. The number of hydrogen-bond acceptors (Lipinski definition) is 2. The van der Waals surface area contributed by atoms with Crippen LogP contribution in [0.3, 0.4) is 0 Å². The summed E-state index contributed by atoms with van der Waals surface area (Å²) in [4.78, 5) is 25.1. The van der Waals surface area contributed by atoms with Crippen LogP contribution in [0.1, 0.15) is 44.6 Å². The van der Waals surface area contributed by atoms with Crippen molar-refractivity contribution in [1.29, 1.82) is 0 Å². The monoisotopic (exact) mass is 231 g/mol.